The largest absolute Gasteiger partial charge is 0.365 e. The summed E-state index contributed by atoms with van der Waals surface area (Å²) in [7, 11) is 0. The average Bonchev–Trinajstić information content (AvgIpc) is 2.14. The summed E-state index contributed by atoms with van der Waals surface area (Å²) < 4.78 is 0. The molecule has 1 aromatic rings. The molecule has 0 saturated heterocycles. The molecule has 1 rings (SSSR count). The molecule has 1 heterocycles. The Morgan fingerprint density at radius 2 is 2.50 bits per heavy atom. The van der Waals surface area contributed by atoms with Crippen molar-refractivity contribution in [1.29, 1.82) is 0 Å². The zero-order valence-corrected chi connectivity index (χ0v) is 4.94. The van der Waals surface area contributed by atoms with Crippen LogP contribution in [0.5, 0.6) is 0 Å². The standard InChI is InChI=1S/C6H10N2/c1-5-6(4-7)2-3-8-5/h2-3,8H,4,7H2,1H3. The molecule has 0 bridgehead atoms. The van der Waals surface area contributed by atoms with Gasteiger partial charge in [0, 0.05) is 18.4 Å². The second-order valence-electron chi connectivity index (χ2n) is 1.83. The highest BCUT2D eigenvalue weighted by molar-refractivity contribution is 5.17. The van der Waals surface area contributed by atoms with E-state index in [1.165, 1.54) is 11.3 Å². The number of nitrogens with one attached hydrogen (secondary N) is 1. The Morgan fingerprint density at radius 1 is 1.75 bits per heavy atom. The molecule has 8 heavy (non-hydrogen) atoms. The fourth-order valence-electron chi connectivity index (χ4n) is 0.706. The lowest BCUT2D eigenvalue weighted by Crippen LogP contribution is -1.95. The molecule has 0 amide bonds. The Hall–Kier alpha value is -0.760. The third kappa shape index (κ3) is 0.746. The number of nitrogens with two attached hydrogens (primary N) is 1. The van der Waals surface area contributed by atoms with E-state index in [0.717, 1.165) is 0 Å². The first-order valence-corrected chi connectivity index (χ1v) is 2.67. The van der Waals surface area contributed by atoms with Crippen molar-refractivity contribution in [1.82, 2.24) is 4.98 Å². The summed E-state index contributed by atoms with van der Waals surface area (Å²) in [5, 5.41) is 0. The van der Waals surface area contributed by atoms with Crippen LogP contribution in [0.2, 0.25) is 0 Å². The molecule has 0 aliphatic rings. The van der Waals surface area contributed by atoms with Gasteiger partial charge in [0.1, 0.15) is 0 Å². The van der Waals surface area contributed by atoms with Crippen molar-refractivity contribution in [3.63, 3.8) is 0 Å². The van der Waals surface area contributed by atoms with Gasteiger partial charge in [0.15, 0.2) is 0 Å². The Balaban J connectivity index is 2.92. The van der Waals surface area contributed by atoms with Crippen molar-refractivity contribution in [2.24, 2.45) is 5.73 Å². The van der Waals surface area contributed by atoms with Gasteiger partial charge in [-0.1, -0.05) is 0 Å². The van der Waals surface area contributed by atoms with Gasteiger partial charge in [0.2, 0.25) is 0 Å². The van der Waals surface area contributed by atoms with Gasteiger partial charge in [-0.3, -0.25) is 0 Å². The summed E-state index contributed by atoms with van der Waals surface area (Å²) in [4.78, 5) is 3.04. The Morgan fingerprint density at radius 3 is 2.75 bits per heavy atom. The van der Waals surface area contributed by atoms with Crippen LogP contribution in [-0.4, -0.2) is 4.98 Å². The molecule has 0 aliphatic heterocycles. The van der Waals surface area contributed by atoms with Crippen molar-refractivity contribution in [3.8, 4) is 0 Å². The van der Waals surface area contributed by atoms with Crippen LogP contribution in [0, 0.1) is 6.92 Å². The van der Waals surface area contributed by atoms with E-state index in [-0.39, 0.29) is 0 Å². The average molecular weight is 110 g/mol. The highest BCUT2D eigenvalue weighted by Crippen LogP contribution is 2.01. The molecule has 2 nitrogen and oxygen atoms in total. The summed E-state index contributed by atoms with van der Waals surface area (Å²) in [5.41, 5.74) is 7.75. The fourth-order valence-corrected chi connectivity index (χ4v) is 0.706. The molecule has 3 N–H and O–H groups in total. The van der Waals surface area contributed by atoms with Gasteiger partial charge in [0.05, 0.1) is 0 Å². The van der Waals surface area contributed by atoms with Crippen LogP contribution in [0.4, 0.5) is 0 Å². The Bertz CT molecular complexity index is 167. The summed E-state index contributed by atoms with van der Waals surface area (Å²) in [6.45, 7) is 2.65. The second kappa shape index (κ2) is 2.01. The highest BCUT2D eigenvalue weighted by atomic mass is 14.7. The molecule has 0 saturated carbocycles. The Labute approximate surface area is 48.7 Å². The number of rotatable bonds is 1. The van der Waals surface area contributed by atoms with Crippen molar-refractivity contribution >= 4 is 0 Å². The predicted octanol–water partition coefficient (Wildman–Crippen LogP) is 0.782. The van der Waals surface area contributed by atoms with Gasteiger partial charge in [-0.15, -0.1) is 0 Å². The molecule has 2 heteroatoms. The molecule has 0 aromatic carbocycles. The van der Waals surface area contributed by atoms with Crippen molar-refractivity contribution < 1.29 is 0 Å². The smallest absolute Gasteiger partial charge is 0.0195 e. The number of aromatic amines is 1. The predicted molar refractivity (Wildman–Crippen MR) is 33.4 cm³/mol. The zero-order valence-electron chi connectivity index (χ0n) is 4.94. The molecular formula is C6H10N2. The molecule has 0 unspecified atom stereocenters. The van der Waals surface area contributed by atoms with E-state index in [0.29, 0.717) is 6.54 Å². The number of aromatic nitrogens is 1. The van der Waals surface area contributed by atoms with Crippen molar-refractivity contribution in [2.45, 2.75) is 13.5 Å². The molecule has 0 fully saturated rings. The maximum Gasteiger partial charge on any atom is 0.0195 e. The summed E-state index contributed by atoms with van der Waals surface area (Å²) >= 11 is 0. The van der Waals surface area contributed by atoms with E-state index < -0.39 is 0 Å². The maximum absolute atomic E-state index is 5.38. The third-order valence-electron chi connectivity index (χ3n) is 1.29. The second-order valence-corrected chi connectivity index (χ2v) is 1.83. The van der Waals surface area contributed by atoms with Crippen LogP contribution in [0.1, 0.15) is 11.3 Å². The highest BCUT2D eigenvalue weighted by Gasteiger charge is 1.91. The van der Waals surface area contributed by atoms with Gasteiger partial charge in [-0.25, -0.2) is 0 Å². The number of aryl methyl sites for hydroxylation is 1. The molecular weight excluding hydrogens is 100 g/mol. The molecule has 0 spiro atoms. The summed E-state index contributed by atoms with van der Waals surface area (Å²) in [5.74, 6) is 0. The zero-order chi connectivity index (χ0) is 5.98. The number of H-pyrrole nitrogens is 1. The first kappa shape index (κ1) is 5.38. The van der Waals surface area contributed by atoms with Crippen LogP contribution < -0.4 is 5.73 Å². The van der Waals surface area contributed by atoms with E-state index in [2.05, 4.69) is 4.98 Å². The summed E-state index contributed by atoms with van der Waals surface area (Å²) in [6, 6.07) is 2.00. The van der Waals surface area contributed by atoms with Crippen LogP contribution in [0.25, 0.3) is 0 Å². The lowest BCUT2D eigenvalue weighted by atomic mass is 10.3. The van der Waals surface area contributed by atoms with Gasteiger partial charge < -0.3 is 10.7 Å². The van der Waals surface area contributed by atoms with Gasteiger partial charge in [-0.05, 0) is 18.6 Å². The van der Waals surface area contributed by atoms with E-state index in [4.69, 9.17) is 5.73 Å². The van der Waals surface area contributed by atoms with E-state index in [1.54, 1.807) is 0 Å². The maximum atomic E-state index is 5.38. The van der Waals surface area contributed by atoms with E-state index in [1.807, 2.05) is 19.2 Å². The SMILES string of the molecule is Cc1[nH]ccc1CN. The lowest BCUT2D eigenvalue weighted by Gasteiger charge is -1.88. The Kier molecular flexibility index (Phi) is 1.35. The quantitative estimate of drug-likeness (QED) is 0.551. The van der Waals surface area contributed by atoms with Gasteiger partial charge in [0.25, 0.3) is 0 Å². The normalized spacial score (nSPS) is 9.75. The van der Waals surface area contributed by atoms with Crippen LogP contribution in [0.15, 0.2) is 12.3 Å². The molecule has 0 aliphatic carbocycles. The van der Waals surface area contributed by atoms with Crippen LogP contribution in [0.3, 0.4) is 0 Å². The topological polar surface area (TPSA) is 41.8 Å². The minimum Gasteiger partial charge on any atom is -0.365 e. The van der Waals surface area contributed by atoms with Gasteiger partial charge >= 0.3 is 0 Å². The minimum atomic E-state index is 0.634. The molecule has 44 valence electrons. The molecule has 0 radical (unpaired) electrons. The van der Waals surface area contributed by atoms with Crippen LogP contribution in [-0.2, 0) is 6.54 Å². The van der Waals surface area contributed by atoms with E-state index in [9.17, 15) is 0 Å². The first-order chi connectivity index (χ1) is 3.84. The van der Waals surface area contributed by atoms with Gasteiger partial charge in [-0.2, -0.15) is 0 Å². The number of hydrogen-bond acceptors (Lipinski definition) is 1. The molecule has 1 aromatic heterocycles. The third-order valence-corrected chi connectivity index (χ3v) is 1.29. The summed E-state index contributed by atoms with van der Waals surface area (Å²) in [6.07, 6.45) is 1.90. The minimum absolute atomic E-state index is 0.634. The van der Waals surface area contributed by atoms with Crippen molar-refractivity contribution in [3.05, 3.63) is 23.5 Å². The fraction of sp³-hybridized carbons (Fsp3) is 0.333. The molecule has 0 atom stereocenters. The first-order valence-electron chi connectivity index (χ1n) is 2.67. The monoisotopic (exact) mass is 110 g/mol. The van der Waals surface area contributed by atoms with E-state index >= 15 is 0 Å². The lowest BCUT2D eigenvalue weighted by molar-refractivity contribution is 1.04. The van der Waals surface area contributed by atoms with Crippen molar-refractivity contribution in [2.75, 3.05) is 0 Å². The number of hydrogen-bond donors (Lipinski definition) is 2. The van der Waals surface area contributed by atoms with Crippen LogP contribution >= 0.6 is 0 Å².